The summed E-state index contributed by atoms with van der Waals surface area (Å²) in [5.74, 6) is -1.28. The van der Waals surface area contributed by atoms with Gasteiger partial charge in [-0.1, -0.05) is 13.8 Å². The van der Waals surface area contributed by atoms with Crippen LogP contribution in [0.3, 0.4) is 0 Å². The molecule has 18 heavy (non-hydrogen) atoms. The number of hydrogen-bond donors (Lipinski definition) is 2. The number of aliphatic carboxylic acids is 1. The molecule has 1 fully saturated rings. The highest BCUT2D eigenvalue weighted by Gasteiger charge is 2.30. The van der Waals surface area contributed by atoms with E-state index < -0.39 is 12.0 Å². The van der Waals surface area contributed by atoms with E-state index in [4.69, 9.17) is 5.11 Å². The first kappa shape index (κ1) is 15.0. The molecule has 1 saturated heterocycles. The van der Waals surface area contributed by atoms with E-state index in [1.54, 1.807) is 13.8 Å². The van der Waals surface area contributed by atoms with Crippen LogP contribution in [0.4, 0.5) is 0 Å². The topological polar surface area (TPSA) is 69.6 Å². The summed E-state index contributed by atoms with van der Waals surface area (Å²) in [4.78, 5) is 25.0. The predicted octanol–water partition coefficient (Wildman–Crippen LogP) is 1.08. The number of carboxylic acid groups (broad SMARTS) is 1. The molecule has 1 heterocycles. The standard InChI is InChI=1S/C13H24N2O3/c1-8(2)12(13(17)18)14-11(16)7-15-9(3)5-6-10(15)4/h8-10,12H,5-7H2,1-4H3,(H,14,16)(H,17,18)/t9?,10?,12-/m1/s1. The van der Waals surface area contributed by atoms with Gasteiger partial charge in [0.15, 0.2) is 0 Å². The molecule has 0 aromatic rings. The van der Waals surface area contributed by atoms with E-state index >= 15 is 0 Å². The molecular formula is C13H24N2O3. The summed E-state index contributed by atoms with van der Waals surface area (Å²) in [6.45, 7) is 8.08. The Kier molecular flexibility index (Phi) is 5.14. The number of likely N-dealkylation sites (tertiary alicyclic amines) is 1. The van der Waals surface area contributed by atoms with E-state index in [0.717, 1.165) is 12.8 Å². The van der Waals surface area contributed by atoms with Crippen LogP contribution in [-0.4, -0.2) is 46.6 Å². The van der Waals surface area contributed by atoms with Crippen molar-refractivity contribution >= 4 is 11.9 Å². The van der Waals surface area contributed by atoms with Gasteiger partial charge in [-0.25, -0.2) is 4.79 Å². The molecule has 0 radical (unpaired) electrons. The van der Waals surface area contributed by atoms with Gasteiger partial charge in [-0.15, -0.1) is 0 Å². The molecule has 0 spiro atoms. The summed E-state index contributed by atoms with van der Waals surface area (Å²) in [7, 11) is 0. The molecular weight excluding hydrogens is 232 g/mol. The molecule has 0 bridgehead atoms. The smallest absolute Gasteiger partial charge is 0.326 e. The van der Waals surface area contributed by atoms with Gasteiger partial charge in [0.1, 0.15) is 6.04 Å². The van der Waals surface area contributed by atoms with Crippen LogP contribution < -0.4 is 5.32 Å². The Balaban J connectivity index is 2.52. The second-order valence-electron chi connectivity index (χ2n) is 5.58. The van der Waals surface area contributed by atoms with Crippen molar-refractivity contribution in [3.8, 4) is 0 Å². The maximum absolute atomic E-state index is 11.9. The first-order valence-electron chi connectivity index (χ1n) is 6.60. The Hall–Kier alpha value is -1.10. The number of nitrogens with zero attached hydrogens (tertiary/aromatic N) is 1. The van der Waals surface area contributed by atoms with Crippen LogP contribution in [0, 0.1) is 5.92 Å². The van der Waals surface area contributed by atoms with E-state index in [1.165, 1.54) is 0 Å². The highest BCUT2D eigenvalue weighted by Crippen LogP contribution is 2.22. The van der Waals surface area contributed by atoms with Crippen molar-refractivity contribution in [1.82, 2.24) is 10.2 Å². The molecule has 0 aromatic heterocycles. The fraction of sp³-hybridized carbons (Fsp3) is 0.846. The van der Waals surface area contributed by atoms with Crippen molar-refractivity contribution in [2.75, 3.05) is 6.54 Å². The van der Waals surface area contributed by atoms with Crippen LogP contribution in [0.25, 0.3) is 0 Å². The van der Waals surface area contributed by atoms with Crippen molar-refractivity contribution in [2.24, 2.45) is 5.92 Å². The van der Waals surface area contributed by atoms with Crippen LogP contribution in [0.15, 0.2) is 0 Å². The summed E-state index contributed by atoms with van der Waals surface area (Å²) >= 11 is 0. The Morgan fingerprint density at radius 1 is 1.28 bits per heavy atom. The summed E-state index contributed by atoms with van der Waals surface area (Å²) < 4.78 is 0. The third-order valence-electron chi connectivity index (χ3n) is 3.71. The quantitative estimate of drug-likeness (QED) is 0.772. The van der Waals surface area contributed by atoms with Crippen molar-refractivity contribution in [2.45, 2.75) is 58.7 Å². The predicted molar refractivity (Wildman–Crippen MR) is 69.3 cm³/mol. The highest BCUT2D eigenvalue weighted by atomic mass is 16.4. The largest absolute Gasteiger partial charge is 0.480 e. The number of carboxylic acids is 1. The van der Waals surface area contributed by atoms with Crippen molar-refractivity contribution in [1.29, 1.82) is 0 Å². The molecule has 0 saturated carbocycles. The lowest BCUT2D eigenvalue weighted by molar-refractivity contribution is -0.143. The summed E-state index contributed by atoms with van der Waals surface area (Å²) in [6, 6.07) is -0.00753. The molecule has 3 atom stereocenters. The summed E-state index contributed by atoms with van der Waals surface area (Å²) in [5.41, 5.74) is 0. The second kappa shape index (κ2) is 6.18. The third kappa shape index (κ3) is 3.70. The molecule has 0 aliphatic carbocycles. The maximum atomic E-state index is 11.9. The fourth-order valence-electron chi connectivity index (χ4n) is 2.46. The number of amides is 1. The minimum atomic E-state index is -0.971. The molecule has 5 nitrogen and oxygen atoms in total. The highest BCUT2D eigenvalue weighted by molar-refractivity contribution is 5.84. The Bertz CT molecular complexity index is 307. The van der Waals surface area contributed by atoms with Gasteiger partial charge in [0.25, 0.3) is 0 Å². The first-order chi connectivity index (χ1) is 8.32. The lowest BCUT2D eigenvalue weighted by atomic mass is 10.0. The zero-order chi connectivity index (χ0) is 13.9. The van der Waals surface area contributed by atoms with E-state index in [9.17, 15) is 9.59 Å². The minimum Gasteiger partial charge on any atom is -0.480 e. The number of nitrogens with one attached hydrogen (secondary N) is 1. The van der Waals surface area contributed by atoms with Gasteiger partial charge in [-0.2, -0.15) is 0 Å². The van der Waals surface area contributed by atoms with Gasteiger partial charge in [0, 0.05) is 12.1 Å². The van der Waals surface area contributed by atoms with Gasteiger partial charge in [-0.3, -0.25) is 9.69 Å². The van der Waals surface area contributed by atoms with Gasteiger partial charge in [0.05, 0.1) is 6.54 Å². The van der Waals surface area contributed by atoms with Crippen LogP contribution in [0.2, 0.25) is 0 Å². The molecule has 1 amide bonds. The molecule has 1 aliphatic rings. The van der Waals surface area contributed by atoms with Gasteiger partial charge in [0.2, 0.25) is 5.91 Å². The van der Waals surface area contributed by atoms with Gasteiger partial charge in [-0.05, 0) is 32.6 Å². The van der Waals surface area contributed by atoms with E-state index in [0.29, 0.717) is 18.6 Å². The lowest BCUT2D eigenvalue weighted by Gasteiger charge is -2.26. The monoisotopic (exact) mass is 256 g/mol. The van der Waals surface area contributed by atoms with Crippen molar-refractivity contribution in [3.63, 3.8) is 0 Å². The van der Waals surface area contributed by atoms with Crippen LogP contribution in [0.5, 0.6) is 0 Å². The van der Waals surface area contributed by atoms with Crippen LogP contribution in [0.1, 0.15) is 40.5 Å². The zero-order valence-corrected chi connectivity index (χ0v) is 11.6. The average molecular weight is 256 g/mol. The molecule has 1 aliphatic heterocycles. The molecule has 1 rings (SSSR count). The number of carbonyl (C=O) groups is 2. The van der Waals surface area contributed by atoms with Gasteiger partial charge >= 0.3 is 5.97 Å². The van der Waals surface area contributed by atoms with E-state index in [-0.39, 0.29) is 11.8 Å². The first-order valence-corrected chi connectivity index (χ1v) is 6.60. The Morgan fingerprint density at radius 2 is 1.78 bits per heavy atom. The molecule has 0 aromatic carbocycles. The lowest BCUT2D eigenvalue weighted by Crippen LogP contribution is -2.49. The molecule has 2 unspecified atom stereocenters. The maximum Gasteiger partial charge on any atom is 0.326 e. The Labute approximate surface area is 109 Å². The second-order valence-corrected chi connectivity index (χ2v) is 5.58. The fourth-order valence-corrected chi connectivity index (χ4v) is 2.46. The van der Waals surface area contributed by atoms with Crippen molar-refractivity contribution < 1.29 is 14.7 Å². The minimum absolute atomic E-state index is 0.111. The average Bonchev–Trinajstić information content (AvgIpc) is 2.56. The zero-order valence-electron chi connectivity index (χ0n) is 11.6. The molecule has 104 valence electrons. The summed E-state index contributed by atoms with van der Waals surface area (Å²) in [6.07, 6.45) is 2.20. The van der Waals surface area contributed by atoms with Crippen molar-refractivity contribution in [3.05, 3.63) is 0 Å². The van der Waals surface area contributed by atoms with E-state index in [1.807, 2.05) is 0 Å². The number of rotatable bonds is 5. The van der Waals surface area contributed by atoms with Crippen LogP contribution >= 0.6 is 0 Å². The van der Waals surface area contributed by atoms with E-state index in [2.05, 4.69) is 24.1 Å². The van der Waals surface area contributed by atoms with Gasteiger partial charge < -0.3 is 10.4 Å². The SMILES string of the molecule is CC(C)[C@@H](NC(=O)CN1C(C)CCC1C)C(=O)O. The summed E-state index contributed by atoms with van der Waals surface area (Å²) in [5, 5.41) is 11.6. The Morgan fingerprint density at radius 3 is 2.17 bits per heavy atom. The normalized spacial score (nSPS) is 26.3. The van der Waals surface area contributed by atoms with Crippen LogP contribution in [-0.2, 0) is 9.59 Å². The molecule has 5 heteroatoms. The molecule has 2 N–H and O–H groups in total. The third-order valence-corrected chi connectivity index (χ3v) is 3.71. The number of carbonyl (C=O) groups excluding carboxylic acids is 1. The number of hydrogen-bond acceptors (Lipinski definition) is 3.